The fourth-order valence-corrected chi connectivity index (χ4v) is 2.86. The molecule has 1 fully saturated rings. The van der Waals surface area contributed by atoms with E-state index in [2.05, 4.69) is 44.2 Å². The Balaban J connectivity index is 2.48. The van der Waals surface area contributed by atoms with E-state index in [9.17, 15) is 0 Å². The number of thioether (sulfide) groups is 1. The van der Waals surface area contributed by atoms with Crippen LogP contribution in [0, 0.1) is 5.92 Å². The monoisotopic (exact) mass is 258 g/mol. The summed E-state index contributed by atoms with van der Waals surface area (Å²) in [6.45, 7) is 14.2. The van der Waals surface area contributed by atoms with Crippen molar-refractivity contribution in [3.63, 3.8) is 0 Å². The van der Waals surface area contributed by atoms with Crippen LogP contribution in [0.1, 0.15) is 40.5 Å². The van der Waals surface area contributed by atoms with Crippen LogP contribution in [-0.4, -0.2) is 48.1 Å². The molecule has 1 saturated heterocycles. The molecule has 3 heteroatoms. The van der Waals surface area contributed by atoms with Crippen molar-refractivity contribution in [3.8, 4) is 0 Å². The average Bonchev–Trinajstić information content (AvgIpc) is 2.42. The van der Waals surface area contributed by atoms with Gasteiger partial charge in [-0.3, -0.25) is 0 Å². The summed E-state index contributed by atoms with van der Waals surface area (Å²) in [6, 6.07) is 0.690. The lowest BCUT2D eigenvalue weighted by Gasteiger charge is -2.32. The maximum Gasteiger partial charge on any atom is 0.0227 e. The number of nitrogens with zero attached hydrogens (tertiary/aromatic N) is 1. The quantitative estimate of drug-likeness (QED) is 0.816. The highest BCUT2D eigenvalue weighted by atomic mass is 32.2. The molecule has 2 nitrogen and oxygen atoms in total. The molecule has 0 aromatic heterocycles. The zero-order valence-corrected chi connectivity index (χ0v) is 13.1. The Morgan fingerprint density at radius 3 is 2.71 bits per heavy atom. The fraction of sp³-hybridized carbons (Fsp3) is 1.00. The largest absolute Gasteiger partial charge is 0.313 e. The van der Waals surface area contributed by atoms with Gasteiger partial charge in [-0.15, -0.1) is 0 Å². The van der Waals surface area contributed by atoms with Gasteiger partial charge in [0.1, 0.15) is 0 Å². The molecule has 1 rings (SSSR count). The molecule has 0 saturated carbocycles. The van der Waals surface area contributed by atoms with E-state index in [4.69, 9.17) is 0 Å². The number of hydrogen-bond donors (Lipinski definition) is 1. The third-order valence-corrected chi connectivity index (χ3v) is 4.71. The van der Waals surface area contributed by atoms with Gasteiger partial charge in [-0.2, -0.15) is 11.8 Å². The molecule has 0 aromatic carbocycles. The fourth-order valence-electron chi connectivity index (χ4n) is 2.55. The molecule has 1 aliphatic rings. The first-order valence-electron chi connectivity index (χ1n) is 6.94. The summed E-state index contributed by atoms with van der Waals surface area (Å²) < 4.78 is 0.382. The molecular formula is C14H30N2S. The summed E-state index contributed by atoms with van der Waals surface area (Å²) in [7, 11) is 0. The summed E-state index contributed by atoms with van der Waals surface area (Å²) in [4.78, 5) is 2.66. The SMILES string of the molecule is CSC(C)(C)CN1CCCNC(CC(C)C)C1. The van der Waals surface area contributed by atoms with Crippen LogP contribution in [0.2, 0.25) is 0 Å². The van der Waals surface area contributed by atoms with E-state index in [0.717, 1.165) is 5.92 Å². The van der Waals surface area contributed by atoms with E-state index >= 15 is 0 Å². The van der Waals surface area contributed by atoms with Crippen LogP contribution >= 0.6 is 11.8 Å². The zero-order valence-electron chi connectivity index (χ0n) is 12.3. The van der Waals surface area contributed by atoms with Crippen molar-refractivity contribution in [1.82, 2.24) is 10.2 Å². The van der Waals surface area contributed by atoms with Crippen LogP contribution in [-0.2, 0) is 0 Å². The third-order valence-electron chi connectivity index (χ3n) is 3.48. The molecule has 0 aromatic rings. The maximum absolute atomic E-state index is 3.70. The molecule has 0 radical (unpaired) electrons. The first-order valence-corrected chi connectivity index (χ1v) is 8.16. The normalized spacial score (nSPS) is 24.0. The molecule has 1 unspecified atom stereocenters. The van der Waals surface area contributed by atoms with Gasteiger partial charge in [-0.1, -0.05) is 13.8 Å². The molecule has 0 bridgehead atoms. The van der Waals surface area contributed by atoms with E-state index < -0.39 is 0 Å². The van der Waals surface area contributed by atoms with Crippen molar-refractivity contribution in [1.29, 1.82) is 0 Å². The molecule has 0 aliphatic carbocycles. The van der Waals surface area contributed by atoms with Crippen molar-refractivity contribution in [2.75, 3.05) is 32.4 Å². The minimum absolute atomic E-state index is 0.382. The summed E-state index contributed by atoms with van der Waals surface area (Å²) in [5.41, 5.74) is 0. The van der Waals surface area contributed by atoms with E-state index in [1.54, 1.807) is 0 Å². The second-order valence-electron chi connectivity index (χ2n) is 6.33. The molecule has 1 atom stereocenters. The van der Waals surface area contributed by atoms with Crippen molar-refractivity contribution >= 4 is 11.8 Å². The van der Waals surface area contributed by atoms with Crippen LogP contribution in [0.5, 0.6) is 0 Å². The van der Waals surface area contributed by atoms with Crippen LogP contribution in [0.25, 0.3) is 0 Å². The third kappa shape index (κ3) is 6.12. The van der Waals surface area contributed by atoms with Gasteiger partial charge in [0.2, 0.25) is 0 Å². The Labute approximate surface area is 112 Å². The highest BCUT2D eigenvalue weighted by molar-refractivity contribution is 7.99. The van der Waals surface area contributed by atoms with Gasteiger partial charge < -0.3 is 10.2 Å². The lowest BCUT2D eigenvalue weighted by atomic mass is 10.0. The lowest BCUT2D eigenvalue weighted by molar-refractivity contribution is 0.240. The highest BCUT2D eigenvalue weighted by Crippen LogP contribution is 2.23. The molecule has 1 heterocycles. The van der Waals surface area contributed by atoms with E-state index in [-0.39, 0.29) is 0 Å². The van der Waals surface area contributed by atoms with Gasteiger partial charge in [-0.05, 0) is 52.0 Å². The first-order chi connectivity index (χ1) is 7.93. The van der Waals surface area contributed by atoms with Gasteiger partial charge in [0, 0.05) is 23.9 Å². The Kier molecular flexibility index (Phi) is 6.32. The number of rotatable bonds is 5. The standard InChI is InChI=1S/C14H30N2S/c1-12(2)9-13-10-16(8-6-7-15-13)11-14(3,4)17-5/h12-13,15H,6-11H2,1-5H3. The molecule has 1 N–H and O–H groups in total. The van der Waals surface area contributed by atoms with Gasteiger partial charge in [0.15, 0.2) is 0 Å². The van der Waals surface area contributed by atoms with Crippen LogP contribution in [0.15, 0.2) is 0 Å². The summed E-state index contributed by atoms with van der Waals surface area (Å²) in [5, 5.41) is 3.70. The Morgan fingerprint density at radius 2 is 2.12 bits per heavy atom. The van der Waals surface area contributed by atoms with Gasteiger partial charge in [0.05, 0.1) is 0 Å². The summed E-state index contributed by atoms with van der Waals surface area (Å²) >= 11 is 1.98. The van der Waals surface area contributed by atoms with E-state index in [1.807, 2.05) is 11.8 Å². The van der Waals surface area contributed by atoms with Crippen molar-refractivity contribution in [3.05, 3.63) is 0 Å². The maximum atomic E-state index is 3.70. The molecular weight excluding hydrogens is 228 g/mol. The Hall–Kier alpha value is 0.270. The second kappa shape index (κ2) is 7.01. The highest BCUT2D eigenvalue weighted by Gasteiger charge is 2.24. The average molecular weight is 258 g/mol. The topological polar surface area (TPSA) is 15.3 Å². The molecule has 102 valence electrons. The molecule has 17 heavy (non-hydrogen) atoms. The zero-order chi connectivity index (χ0) is 12.9. The van der Waals surface area contributed by atoms with Crippen molar-refractivity contribution in [2.45, 2.75) is 51.3 Å². The summed E-state index contributed by atoms with van der Waals surface area (Å²) in [6.07, 6.45) is 4.82. The first kappa shape index (κ1) is 15.3. The molecule has 1 aliphatic heterocycles. The summed E-state index contributed by atoms with van der Waals surface area (Å²) in [5.74, 6) is 0.793. The predicted octanol–water partition coefficient (Wildman–Crippen LogP) is 2.84. The van der Waals surface area contributed by atoms with Crippen LogP contribution in [0.3, 0.4) is 0 Å². The minimum Gasteiger partial charge on any atom is -0.313 e. The van der Waals surface area contributed by atoms with E-state index in [1.165, 1.54) is 39.0 Å². The Bertz CT molecular complexity index is 216. The number of hydrogen-bond acceptors (Lipinski definition) is 3. The van der Waals surface area contributed by atoms with Crippen molar-refractivity contribution < 1.29 is 0 Å². The van der Waals surface area contributed by atoms with Gasteiger partial charge in [0.25, 0.3) is 0 Å². The van der Waals surface area contributed by atoms with Gasteiger partial charge in [-0.25, -0.2) is 0 Å². The van der Waals surface area contributed by atoms with Crippen LogP contribution in [0.4, 0.5) is 0 Å². The van der Waals surface area contributed by atoms with Crippen molar-refractivity contribution in [2.24, 2.45) is 5.92 Å². The predicted molar refractivity (Wildman–Crippen MR) is 79.9 cm³/mol. The van der Waals surface area contributed by atoms with E-state index in [0.29, 0.717) is 10.8 Å². The Morgan fingerprint density at radius 1 is 1.41 bits per heavy atom. The molecule has 0 spiro atoms. The number of nitrogens with one attached hydrogen (secondary N) is 1. The molecule has 0 amide bonds. The smallest absolute Gasteiger partial charge is 0.0227 e. The lowest BCUT2D eigenvalue weighted by Crippen LogP contribution is -2.43. The van der Waals surface area contributed by atoms with Crippen LogP contribution < -0.4 is 5.32 Å². The van der Waals surface area contributed by atoms with Gasteiger partial charge >= 0.3 is 0 Å². The second-order valence-corrected chi connectivity index (χ2v) is 7.85. The minimum atomic E-state index is 0.382.